The quantitative estimate of drug-likeness (QED) is 0.366. The smallest absolute Gasteiger partial charge is 0.318 e. The van der Waals surface area contributed by atoms with Crippen LogP contribution in [0, 0.1) is 38.0 Å². The molecular weight excluding hydrogens is 292 g/mol. The van der Waals surface area contributed by atoms with Crippen molar-refractivity contribution in [2.24, 2.45) is 17.8 Å². The Balaban J connectivity index is 1.86. The highest BCUT2D eigenvalue weighted by Crippen LogP contribution is 2.56. The van der Waals surface area contributed by atoms with E-state index in [0.717, 1.165) is 37.8 Å². The minimum absolute atomic E-state index is 0.267. The van der Waals surface area contributed by atoms with Crippen LogP contribution >= 0.6 is 0 Å². The van der Waals surface area contributed by atoms with Crippen LogP contribution in [0.2, 0.25) is 0 Å². The Hall–Kier alpha value is -2.51. The molecule has 2 saturated carbocycles. The summed E-state index contributed by atoms with van der Waals surface area (Å²) in [5.41, 5.74) is -1.13. The topological polar surface area (TPSA) is 113 Å². The number of ether oxygens (including phenoxy) is 1. The number of esters is 1. The zero-order valence-corrected chi connectivity index (χ0v) is 11.6. The molecule has 22 heavy (non-hydrogen) atoms. The first kappa shape index (κ1) is 14.4. The Morgan fingerprint density at radius 2 is 1.55 bits per heavy atom. The lowest BCUT2D eigenvalue weighted by Gasteiger charge is -2.05. The fourth-order valence-corrected chi connectivity index (χ4v) is 3.42. The number of carbonyl (C=O) groups excluding carboxylic acids is 1. The number of nitro groups is 2. The summed E-state index contributed by atoms with van der Waals surface area (Å²) >= 11 is 0. The molecule has 1 unspecified atom stereocenters. The molecule has 3 atom stereocenters. The van der Waals surface area contributed by atoms with Crippen molar-refractivity contribution in [1.29, 1.82) is 0 Å². The van der Waals surface area contributed by atoms with E-state index < -0.39 is 32.9 Å². The summed E-state index contributed by atoms with van der Waals surface area (Å²) in [6, 6.07) is 3.38. The molecule has 2 aliphatic rings. The van der Waals surface area contributed by atoms with Crippen molar-refractivity contribution in [2.45, 2.75) is 25.7 Å². The summed E-state index contributed by atoms with van der Waals surface area (Å²) in [5, 5.41) is 22.0. The van der Waals surface area contributed by atoms with Crippen molar-refractivity contribution in [2.75, 3.05) is 0 Å². The number of hydrogen-bond acceptors (Lipinski definition) is 6. The van der Waals surface area contributed by atoms with Gasteiger partial charge in [-0.25, -0.2) is 0 Å². The highest BCUT2D eigenvalue weighted by molar-refractivity contribution is 5.81. The van der Waals surface area contributed by atoms with Crippen LogP contribution in [0.3, 0.4) is 0 Å². The predicted molar refractivity (Wildman–Crippen MR) is 74.3 cm³/mol. The largest absolute Gasteiger partial charge is 0.412 e. The summed E-state index contributed by atoms with van der Waals surface area (Å²) in [6.45, 7) is 0. The van der Waals surface area contributed by atoms with Crippen LogP contribution in [-0.2, 0) is 4.79 Å². The van der Waals surface area contributed by atoms with Crippen LogP contribution in [-0.4, -0.2) is 15.8 Å². The van der Waals surface area contributed by atoms with Crippen LogP contribution in [0.5, 0.6) is 5.75 Å². The fourth-order valence-electron chi connectivity index (χ4n) is 3.42. The zero-order chi connectivity index (χ0) is 15.9. The van der Waals surface area contributed by atoms with Crippen LogP contribution < -0.4 is 4.74 Å². The normalized spacial score (nSPS) is 25.9. The Morgan fingerprint density at radius 3 is 2.00 bits per heavy atom. The van der Waals surface area contributed by atoms with Crippen molar-refractivity contribution < 1.29 is 19.4 Å². The van der Waals surface area contributed by atoms with Crippen molar-refractivity contribution in [3.8, 4) is 5.75 Å². The molecule has 2 aliphatic carbocycles. The van der Waals surface area contributed by atoms with Gasteiger partial charge in [-0.15, -0.1) is 0 Å². The number of nitrogens with zero attached hydrogens (tertiary/aromatic N) is 2. The first-order valence-electron chi connectivity index (χ1n) is 7.14. The molecule has 0 N–H and O–H groups in total. The summed E-state index contributed by atoms with van der Waals surface area (Å²) < 4.78 is 5.09. The standard InChI is InChI=1S/C14H14N2O6/c17-14(12-8-4-1-2-5-9(8)12)22-13-10(15(18)19)6-3-7-11(13)16(20)21/h3,6-9,12H,1-2,4-5H2/t8-,9+,12?. The van der Waals surface area contributed by atoms with E-state index in [1.165, 1.54) is 6.07 Å². The lowest BCUT2D eigenvalue weighted by molar-refractivity contribution is -0.395. The van der Waals surface area contributed by atoms with E-state index in [-0.39, 0.29) is 17.8 Å². The third-order valence-electron chi connectivity index (χ3n) is 4.50. The van der Waals surface area contributed by atoms with Gasteiger partial charge in [0.25, 0.3) is 5.75 Å². The van der Waals surface area contributed by atoms with Crippen LogP contribution in [0.25, 0.3) is 0 Å². The molecule has 3 rings (SSSR count). The van der Waals surface area contributed by atoms with Crippen molar-refractivity contribution in [3.05, 3.63) is 38.4 Å². The second kappa shape index (κ2) is 5.36. The summed E-state index contributed by atoms with van der Waals surface area (Å²) in [4.78, 5) is 32.7. The van der Waals surface area contributed by atoms with Gasteiger partial charge in [-0.3, -0.25) is 25.0 Å². The summed E-state index contributed by atoms with van der Waals surface area (Å²) in [7, 11) is 0. The predicted octanol–water partition coefficient (Wildman–Crippen LogP) is 2.84. The molecule has 2 fully saturated rings. The van der Waals surface area contributed by atoms with E-state index in [0.29, 0.717) is 0 Å². The first-order chi connectivity index (χ1) is 10.5. The number of nitro benzene ring substituents is 2. The Kier molecular flexibility index (Phi) is 3.51. The number of para-hydroxylation sites is 1. The van der Waals surface area contributed by atoms with E-state index in [1.54, 1.807) is 0 Å². The van der Waals surface area contributed by atoms with Gasteiger partial charge in [-0.05, 0) is 30.7 Å². The molecule has 0 aromatic heterocycles. The Morgan fingerprint density at radius 1 is 1.05 bits per heavy atom. The number of carbonyl (C=O) groups is 1. The van der Waals surface area contributed by atoms with Crippen LogP contribution in [0.4, 0.5) is 11.4 Å². The third-order valence-corrected chi connectivity index (χ3v) is 4.50. The zero-order valence-electron chi connectivity index (χ0n) is 11.6. The molecule has 0 bridgehead atoms. The maximum Gasteiger partial charge on any atom is 0.318 e. The molecular formula is C14H14N2O6. The van der Waals surface area contributed by atoms with Crippen molar-refractivity contribution in [1.82, 2.24) is 0 Å². The molecule has 0 spiro atoms. The molecule has 0 amide bonds. The summed E-state index contributed by atoms with van der Waals surface area (Å²) in [5.74, 6) is -0.895. The second-order valence-electron chi connectivity index (χ2n) is 5.70. The van der Waals surface area contributed by atoms with Crippen molar-refractivity contribution >= 4 is 17.3 Å². The number of hydrogen-bond donors (Lipinski definition) is 0. The molecule has 0 radical (unpaired) electrons. The number of benzene rings is 1. The average Bonchev–Trinajstić information content (AvgIpc) is 3.21. The second-order valence-corrected chi connectivity index (χ2v) is 5.70. The first-order valence-corrected chi connectivity index (χ1v) is 7.14. The lowest BCUT2D eigenvalue weighted by Crippen LogP contribution is -2.14. The molecule has 8 nitrogen and oxygen atoms in total. The van der Waals surface area contributed by atoms with E-state index in [9.17, 15) is 25.0 Å². The fraction of sp³-hybridized carbons (Fsp3) is 0.500. The van der Waals surface area contributed by atoms with Gasteiger partial charge in [0.15, 0.2) is 0 Å². The molecule has 1 aromatic rings. The lowest BCUT2D eigenvalue weighted by atomic mass is 10.0. The molecule has 0 heterocycles. The molecule has 0 aliphatic heterocycles. The minimum atomic E-state index is -0.782. The SMILES string of the molecule is O=C(Oc1c([N+](=O)[O-])cccc1[N+](=O)[O-])C1[C@H]2CCCC[C@@H]12. The maximum absolute atomic E-state index is 12.2. The van der Waals surface area contributed by atoms with Gasteiger partial charge in [-0.1, -0.05) is 12.8 Å². The Bertz CT molecular complexity index is 614. The monoisotopic (exact) mass is 306 g/mol. The average molecular weight is 306 g/mol. The van der Waals surface area contributed by atoms with Gasteiger partial charge in [0.1, 0.15) is 0 Å². The summed E-state index contributed by atoms with van der Waals surface area (Å²) in [6.07, 6.45) is 4.03. The van der Waals surface area contributed by atoms with Gasteiger partial charge in [0.05, 0.1) is 15.8 Å². The number of fused-ring (bicyclic) bond motifs is 1. The van der Waals surface area contributed by atoms with Gasteiger partial charge >= 0.3 is 17.3 Å². The third kappa shape index (κ3) is 2.40. The minimum Gasteiger partial charge on any atom is -0.412 e. The number of rotatable bonds is 4. The Labute approximate surface area is 125 Å². The highest BCUT2D eigenvalue weighted by Gasteiger charge is 2.56. The van der Waals surface area contributed by atoms with E-state index in [2.05, 4.69) is 0 Å². The maximum atomic E-state index is 12.2. The van der Waals surface area contributed by atoms with E-state index >= 15 is 0 Å². The van der Waals surface area contributed by atoms with Crippen molar-refractivity contribution in [3.63, 3.8) is 0 Å². The van der Waals surface area contributed by atoms with Crippen LogP contribution in [0.1, 0.15) is 25.7 Å². The van der Waals surface area contributed by atoms with Gasteiger partial charge in [0, 0.05) is 12.1 Å². The molecule has 0 saturated heterocycles. The highest BCUT2D eigenvalue weighted by atomic mass is 16.6. The van der Waals surface area contributed by atoms with Gasteiger partial charge in [-0.2, -0.15) is 0 Å². The van der Waals surface area contributed by atoms with Crippen LogP contribution in [0.15, 0.2) is 18.2 Å². The molecule has 8 heteroatoms. The molecule has 116 valence electrons. The van der Waals surface area contributed by atoms with E-state index in [4.69, 9.17) is 4.74 Å². The van der Waals surface area contributed by atoms with Gasteiger partial charge < -0.3 is 4.74 Å². The molecule has 1 aromatic carbocycles. The van der Waals surface area contributed by atoms with E-state index in [1.807, 2.05) is 0 Å². The van der Waals surface area contributed by atoms with Gasteiger partial charge in [0.2, 0.25) is 0 Å².